The average Bonchev–Trinajstić information content (AvgIpc) is 2.59. The molecule has 1 atom stereocenters. The summed E-state index contributed by atoms with van der Waals surface area (Å²) in [5.74, 6) is -0.848. The molecule has 0 saturated carbocycles. The number of carboxylic acid groups (broad SMARTS) is 1. The van der Waals surface area contributed by atoms with Crippen molar-refractivity contribution >= 4 is 22.8 Å². The maximum Gasteiger partial charge on any atom is 0.303 e. The quantitative estimate of drug-likeness (QED) is 0.941. The summed E-state index contributed by atoms with van der Waals surface area (Å²) >= 11 is 0. The molecule has 1 aromatic heterocycles. The van der Waals surface area contributed by atoms with E-state index in [-0.39, 0.29) is 18.4 Å². The molecule has 1 N–H and O–H groups in total. The number of aliphatic carboxylic acids is 1. The Morgan fingerprint density at radius 2 is 2.04 bits per heavy atom. The molecule has 1 aromatic carbocycles. The van der Waals surface area contributed by atoms with Crippen LogP contribution in [-0.4, -0.2) is 39.5 Å². The van der Waals surface area contributed by atoms with Gasteiger partial charge in [-0.3, -0.25) is 14.6 Å². The van der Waals surface area contributed by atoms with E-state index in [2.05, 4.69) is 4.98 Å². The maximum absolute atomic E-state index is 13.0. The maximum atomic E-state index is 13.0. The van der Waals surface area contributed by atoms with E-state index in [0.29, 0.717) is 24.0 Å². The number of para-hydroxylation sites is 1. The minimum absolute atomic E-state index is 0.00585. The van der Waals surface area contributed by atoms with E-state index in [4.69, 9.17) is 5.11 Å². The minimum Gasteiger partial charge on any atom is -0.481 e. The van der Waals surface area contributed by atoms with Crippen molar-refractivity contribution in [3.63, 3.8) is 0 Å². The topological polar surface area (TPSA) is 70.5 Å². The van der Waals surface area contributed by atoms with Crippen LogP contribution >= 0.6 is 0 Å². The van der Waals surface area contributed by atoms with Gasteiger partial charge in [-0.05, 0) is 37.8 Å². The zero-order valence-corrected chi connectivity index (χ0v) is 12.9. The molecule has 120 valence electrons. The van der Waals surface area contributed by atoms with Crippen molar-refractivity contribution in [3.05, 3.63) is 42.1 Å². The van der Waals surface area contributed by atoms with Crippen molar-refractivity contribution in [2.75, 3.05) is 6.54 Å². The first-order valence-corrected chi connectivity index (χ1v) is 8.03. The van der Waals surface area contributed by atoms with Gasteiger partial charge in [-0.15, -0.1) is 0 Å². The zero-order chi connectivity index (χ0) is 16.2. The molecule has 1 aliphatic rings. The van der Waals surface area contributed by atoms with E-state index in [0.717, 1.165) is 24.6 Å². The Kier molecular flexibility index (Phi) is 4.55. The normalized spacial score (nSPS) is 18.1. The molecule has 0 aliphatic carbocycles. The second-order valence-corrected chi connectivity index (χ2v) is 5.96. The van der Waals surface area contributed by atoms with Gasteiger partial charge in [-0.2, -0.15) is 0 Å². The van der Waals surface area contributed by atoms with Crippen molar-refractivity contribution in [1.82, 2.24) is 9.88 Å². The lowest BCUT2D eigenvalue weighted by atomic mass is 9.96. The SMILES string of the molecule is O=C(O)CCC1CCCCN1C(=O)c1cccc2cccnc12. The van der Waals surface area contributed by atoms with Gasteiger partial charge in [0.1, 0.15) is 0 Å². The largest absolute Gasteiger partial charge is 0.481 e. The van der Waals surface area contributed by atoms with Crippen LogP contribution in [0, 0.1) is 0 Å². The predicted molar refractivity (Wildman–Crippen MR) is 87.3 cm³/mol. The molecule has 0 bridgehead atoms. The van der Waals surface area contributed by atoms with Crippen LogP contribution in [0.1, 0.15) is 42.5 Å². The summed E-state index contributed by atoms with van der Waals surface area (Å²) in [5.41, 5.74) is 1.31. The van der Waals surface area contributed by atoms with Gasteiger partial charge in [-0.25, -0.2) is 0 Å². The predicted octanol–water partition coefficient (Wildman–Crippen LogP) is 3.09. The van der Waals surface area contributed by atoms with Gasteiger partial charge in [0.15, 0.2) is 0 Å². The van der Waals surface area contributed by atoms with Gasteiger partial charge >= 0.3 is 5.97 Å². The fraction of sp³-hybridized carbons (Fsp3) is 0.389. The molecule has 1 saturated heterocycles. The van der Waals surface area contributed by atoms with Crippen LogP contribution in [0.3, 0.4) is 0 Å². The Labute approximate surface area is 134 Å². The number of pyridine rings is 1. The summed E-state index contributed by atoms with van der Waals surface area (Å²) in [5, 5.41) is 9.86. The Balaban J connectivity index is 1.88. The van der Waals surface area contributed by atoms with Crippen LogP contribution in [0.5, 0.6) is 0 Å². The first-order chi connectivity index (χ1) is 11.2. The number of carboxylic acids is 1. The van der Waals surface area contributed by atoms with E-state index >= 15 is 0 Å². The molecule has 3 rings (SSSR count). The van der Waals surface area contributed by atoms with E-state index in [1.807, 2.05) is 29.2 Å². The van der Waals surface area contributed by atoms with E-state index in [1.54, 1.807) is 12.3 Å². The molecule has 1 amide bonds. The van der Waals surface area contributed by atoms with Gasteiger partial charge in [-0.1, -0.05) is 18.2 Å². The summed E-state index contributed by atoms with van der Waals surface area (Å²) in [7, 11) is 0. The summed E-state index contributed by atoms with van der Waals surface area (Å²) < 4.78 is 0. The highest BCUT2D eigenvalue weighted by Gasteiger charge is 2.28. The van der Waals surface area contributed by atoms with Gasteiger partial charge in [0, 0.05) is 30.6 Å². The average molecular weight is 312 g/mol. The van der Waals surface area contributed by atoms with Crippen molar-refractivity contribution in [1.29, 1.82) is 0 Å². The standard InChI is InChI=1S/C18H20N2O3/c21-16(22)10-9-14-7-1-2-12-20(14)18(23)15-8-3-5-13-6-4-11-19-17(13)15/h3-6,8,11,14H,1-2,7,9-10,12H2,(H,21,22). The second kappa shape index (κ2) is 6.77. The van der Waals surface area contributed by atoms with Crippen molar-refractivity contribution in [3.8, 4) is 0 Å². The number of rotatable bonds is 4. The third-order valence-corrected chi connectivity index (χ3v) is 4.44. The Hall–Kier alpha value is -2.43. The number of carbonyl (C=O) groups is 2. The highest BCUT2D eigenvalue weighted by molar-refractivity contribution is 6.05. The summed E-state index contributed by atoms with van der Waals surface area (Å²) in [6, 6.07) is 9.42. The number of fused-ring (bicyclic) bond motifs is 1. The van der Waals surface area contributed by atoms with Crippen LogP contribution in [0.25, 0.3) is 10.9 Å². The Morgan fingerprint density at radius 3 is 2.87 bits per heavy atom. The molecule has 2 heterocycles. The van der Waals surface area contributed by atoms with Crippen LogP contribution in [0.15, 0.2) is 36.5 Å². The molecule has 1 fully saturated rings. The smallest absolute Gasteiger partial charge is 0.303 e. The number of amides is 1. The molecule has 2 aromatic rings. The number of piperidine rings is 1. The molecule has 1 unspecified atom stereocenters. The first kappa shape index (κ1) is 15.5. The van der Waals surface area contributed by atoms with Crippen LogP contribution < -0.4 is 0 Å². The number of likely N-dealkylation sites (tertiary alicyclic amines) is 1. The lowest BCUT2D eigenvalue weighted by Crippen LogP contribution is -2.44. The highest BCUT2D eigenvalue weighted by Crippen LogP contribution is 2.25. The fourth-order valence-corrected chi connectivity index (χ4v) is 3.29. The van der Waals surface area contributed by atoms with Crippen LogP contribution in [-0.2, 0) is 4.79 Å². The highest BCUT2D eigenvalue weighted by atomic mass is 16.4. The molecule has 5 nitrogen and oxygen atoms in total. The third-order valence-electron chi connectivity index (χ3n) is 4.44. The number of carbonyl (C=O) groups excluding carboxylic acids is 1. The van der Waals surface area contributed by atoms with Gasteiger partial charge < -0.3 is 10.0 Å². The fourth-order valence-electron chi connectivity index (χ4n) is 3.29. The molecular weight excluding hydrogens is 292 g/mol. The lowest BCUT2D eigenvalue weighted by molar-refractivity contribution is -0.137. The molecular formula is C18H20N2O3. The van der Waals surface area contributed by atoms with Crippen molar-refractivity contribution in [2.45, 2.75) is 38.1 Å². The monoisotopic (exact) mass is 312 g/mol. The van der Waals surface area contributed by atoms with E-state index in [9.17, 15) is 9.59 Å². The van der Waals surface area contributed by atoms with E-state index < -0.39 is 5.97 Å². The molecule has 1 aliphatic heterocycles. The Bertz CT molecular complexity index is 724. The second-order valence-electron chi connectivity index (χ2n) is 5.96. The van der Waals surface area contributed by atoms with Gasteiger partial charge in [0.05, 0.1) is 11.1 Å². The number of benzene rings is 1. The summed E-state index contributed by atoms with van der Waals surface area (Å²) in [6.07, 6.45) is 5.19. The summed E-state index contributed by atoms with van der Waals surface area (Å²) in [6.45, 7) is 0.687. The van der Waals surface area contributed by atoms with Crippen molar-refractivity contribution in [2.24, 2.45) is 0 Å². The number of aromatic nitrogens is 1. The molecule has 5 heteroatoms. The van der Waals surface area contributed by atoms with Crippen LogP contribution in [0.2, 0.25) is 0 Å². The minimum atomic E-state index is -0.810. The number of nitrogens with zero attached hydrogens (tertiary/aromatic N) is 2. The van der Waals surface area contributed by atoms with E-state index in [1.165, 1.54) is 0 Å². The zero-order valence-electron chi connectivity index (χ0n) is 12.9. The third kappa shape index (κ3) is 3.33. The summed E-state index contributed by atoms with van der Waals surface area (Å²) in [4.78, 5) is 30.1. The molecule has 0 radical (unpaired) electrons. The molecule has 23 heavy (non-hydrogen) atoms. The van der Waals surface area contributed by atoms with Gasteiger partial charge in [0.2, 0.25) is 0 Å². The number of hydrogen-bond donors (Lipinski definition) is 1. The lowest BCUT2D eigenvalue weighted by Gasteiger charge is -2.36. The van der Waals surface area contributed by atoms with Gasteiger partial charge in [0.25, 0.3) is 5.91 Å². The molecule has 0 spiro atoms. The van der Waals surface area contributed by atoms with Crippen molar-refractivity contribution < 1.29 is 14.7 Å². The first-order valence-electron chi connectivity index (χ1n) is 8.03. The number of hydrogen-bond acceptors (Lipinski definition) is 3. The van der Waals surface area contributed by atoms with Crippen LogP contribution in [0.4, 0.5) is 0 Å². The Morgan fingerprint density at radius 1 is 1.22 bits per heavy atom.